The number of rotatable bonds is 4. The zero-order valence-corrected chi connectivity index (χ0v) is 17.8. The minimum absolute atomic E-state index is 0.193. The quantitative estimate of drug-likeness (QED) is 0.798. The molecule has 6 heteroatoms. The van der Waals surface area contributed by atoms with Crippen LogP contribution in [-0.4, -0.2) is 47.6 Å². The van der Waals surface area contributed by atoms with Crippen molar-refractivity contribution < 1.29 is 9.53 Å². The van der Waals surface area contributed by atoms with Crippen molar-refractivity contribution >= 4 is 11.7 Å². The molecule has 2 aliphatic heterocycles. The first-order chi connectivity index (χ1) is 13.3. The first kappa shape index (κ1) is 20.6. The number of aromatic nitrogens is 1. The summed E-state index contributed by atoms with van der Waals surface area (Å²) >= 11 is 0. The number of hydrogen-bond donors (Lipinski definition) is 0. The number of fused-ring (bicyclic) bond motifs is 1. The highest BCUT2D eigenvalue weighted by atomic mass is 16.5. The van der Waals surface area contributed by atoms with Crippen LogP contribution in [0.25, 0.3) is 0 Å². The van der Waals surface area contributed by atoms with Crippen LogP contribution in [0.4, 0.5) is 5.82 Å². The van der Waals surface area contributed by atoms with Crippen LogP contribution in [0.3, 0.4) is 0 Å². The zero-order valence-electron chi connectivity index (χ0n) is 17.8. The van der Waals surface area contributed by atoms with E-state index in [0.717, 1.165) is 35.5 Å². The topological polar surface area (TPSA) is 69.5 Å². The van der Waals surface area contributed by atoms with Gasteiger partial charge in [0.1, 0.15) is 11.9 Å². The lowest BCUT2D eigenvalue weighted by molar-refractivity contribution is -0.131. The number of piperazine rings is 1. The number of nitrogens with zero attached hydrogens (tertiary/aromatic N) is 4. The molecule has 1 aromatic rings. The van der Waals surface area contributed by atoms with E-state index in [0.29, 0.717) is 50.7 Å². The highest BCUT2D eigenvalue weighted by Gasteiger charge is 2.33. The molecule has 1 amide bonds. The number of pyridine rings is 1. The van der Waals surface area contributed by atoms with Gasteiger partial charge in [-0.25, -0.2) is 4.98 Å². The Kier molecular flexibility index (Phi) is 5.95. The van der Waals surface area contributed by atoms with E-state index in [1.165, 1.54) is 0 Å². The number of ether oxygens (including phenoxy) is 1. The molecule has 152 valence electrons. The third-order valence-electron chi connectivity index (χ3n) is 5.64. The number of carbonyl (C=O) groups is 1. The Balaban J connectivity index is 1.99. The summed E-state index contributed by atoms with van der Waals surface area (Å²) in [5.41, 5.74) is 3.67. The molecule has 0 N–H and O–H groups in total. The largest absolute Gasteiger partial charge is 0.370 e. The summed E-state index contributed by atoms with van der Waals surface area (Å²) in [7, 11) is 0. The summed E-state index contributed by atoms with van der Waals surface area (Å²) in [5.74, 6) is 1.46. The van der Waals surface area contributed by atoms with Crippen LogP contribution in [0.1, 0.15) is 63.4 Å². The summed E-state index contributed by atoms with van der Waals surface area (Å²) in [4.78, 5) is 21.1. The molecule has 28 heavy (non-hydrogen) atoms. The van der Waals surface area contributed by atoms with Crippen LogP contribution in [0, 0.1) is 17.2 Å². The fourth-order valence-electron chi connectivity index (χ4n) is 4.11. The van der Waals surface area contributed by atoms with Crippen molar-refractivity contribution in [1.82, 2.24) is 9.88 Å². The predicted molar refractivity (Wildman–Crippen MR) is 109 cm³/mol. The molecular weight excluding hydrogens is 352 g/mol. The first-order valence-electron chi connectivity index (χ1n) is 10.4. The van der Waals surface area contributed by atoms with Crippen molar-refractivity contribution in [3.63, 3.8) is 0 Å². The second-order valence-electron chi connectivity index (χ2n) is 8.87. The van der Waals surface area contributed by atoms with Crippen LogP contribution in [0.2, 0.25) is 0 Å². The zero-order chi connectivity index (χ0) is 20.5. The van der Waals surface area contributed by atoms with Gasteiger partial charge in [-0.2, -0.15) is 5.26 Å². The molecule has 2 aliphatic rings. The summed E-state index contributed by atoms with van der Waals surface area (Å²) in [5, 5.41) is 10.0. The fraction of sp³-hybridized carbons (Fsp3) is 0.682. The van der Waals surface area contributed by atoms with Crippen molar-refractivity contribution in [1.29, 1.82) is 5.26 Å². The van der Waals surface area contributed by atoms with E-state index in [2.05, 4.69) is 38.7 Å². The molecule has 3 rings (SSSR count). The van der Waals surface area contributed by atoms with E-state index in [4.69, 9.17) is 9.72 Å². The van der Waals surface area contributed by atoms with Gasteiger partial charge in [-0.3, -0.25) is 4.79 Å². The van der Waals surface area contributed by atoms with Crippen LogP contribution >= 0.6 is 0 Å². The Morgan fingerprint density at radius 2 is 1.93 bits per heavy atom. The Hall–Kier alpha value is -2.13. The molecule has 0 aliphatic carbocycles. The van der Waals surface area contributed by atoms with E-state index < -0.39 is 0 Å². The van der Waals surface area contributed by atoms with Gasteiger partial charge >= 0.3 is 0 Å². The van der Waals surface area contributed by atoms with Crippen LogP contribution < -0.4 is 4.90 Å². The van der Waals surface area contributed by atoms with Crippen molar-refractivity contribution in [2.45, 2.75) is 66.1 Å². The first-order valence-corrected chi connectivity index (χ1v) is 10.4. The maximum Gasteiger partial charge on any atom is 0.222 e. The molecule has 1 fully saturated rings. The summed E-state index contributed by atoms with van der Waals surface area (Å²) in [6, 6.07) is 2.44. The number of carbonyl (C=O) groups excluding carboxylic acids is 1. The molecule has 3 heterocycles. The van der Waals surface area contributed by atoms with Gasteiger partial charge in [0, 0.05) is 50.3 Å². The van der Waals surface area contributed by atoms with E-state index >= 15 is 0 Å². The van der Waals surface area contributed by atoms with Crippen molar-refractivity contribution in [3.05, 3.63) is 22.4 Å². The molecule has 0 spiro atoms. The maximum atomic E-state index is 12.0. The van der Waals surface area contributed by atoms with E-state index in [-0.39, 0.29) is 11.5 Å². The average molecular weight is 385 g/mol. The van der Waals surface area contributed by atoms with E-state index in [1.54, 1.807) is 0 Å². The predicted octanol–water partition coefficient (Wildman–Crippen LogP) is 3.06. The van der Waals surface area contributed by atoms with Gasteiger partial charge in [-0.05, 0) is 31.7 Å². The van der Waals surface area contributed by atoms with Gasteiger partial charge in [-0.15, -0.1) is 0 Å². The highest BCUT2D eigenvalue weighted by Crippen LogP contribution is 2.36. The normalized spacial score (nSPS) is 18.8. The lowest BCUT2D eigenvalue weighted by Crippen LogP contribution is -2.49. The lowest BCUT2D eigenvalue weighted by atomic mass is 9.86. The van der Waals surface area contributed by atoms with Gasteiger partial charge in [0.2, 0.25) is 5.91 Å². The standard InChI is InChI=1S/C22H32N4O2/c1-6-20(27)25-7-9-26(10-8-25)21-17(13-23)16-12-22(4,5)28-14-18(16)19(24-21)11-15(2)3/h15H,6-12,14H2,1-5H3. The Morgan fingerprint density at radius 1 is 1.25 bits per heavy atom. The smallest absolute Gasteiger partial charge is 0.222 e. The van der Waals surface area contributed by atoms with Gasteiger partial charge in [0.25, 0.3) is 0 Å². The molecule has 0 unspecified atom stereocenters. The monoisotopic (exact) mass is 384 g/mol. The SMILES string of the molecule is CCC(=O)N1CCN(c2nc(CC(C)C)c3c(c2C#N)CC(C)(C)OC3)CC1. The summed E-state index contributed by atoms with van der Waals surface area (Å²) in [6.45, 7) is 13.8. The molecule has 0 atom stereocenters. The van der Waals surface area contributed by atoms with Crippen molar-refractivity contribution in [3.8, 4) is 6.07 Å². The average Bonchev–Trinajstić information content (AvgIpc) is 2.66. The molecule has 6 nitrogen and oxygen atoms in total. The molecule has 0 bridgehead atoms. The maximum absolute atomic E-state index is 12.0. The minimum atomic E-state index is -0.279. The summed E-state index contributed by atoms with van der Waals surface area (Å²) in [6.07, 6.45) is 2.13. The van der Waals surface area contributed by atoms with Crippen LogP contribution in [-0.2, 0) is 29.0 Å². The molecule has 0 saturated carbocycles. The Labute approximate surface area is 168 Å². The lowest BCUT2D eigenvalue weighted by Gasteiger charge is -2.38. The molecule has 0 radical (unpaired) electrons. The van der Waals surface area contributed by atoms with E-state index in [9.17, 15) is 10.1 Å². The Morgan fingerprint density at radius 3 is 2.50 bits per heavy atom. The molecular formula is C22H32N4O2. The molecule has 1 saturated heterocycles. The van der Waals surface area contributed by atoms with Crippen molar-refractivity contribution in [2.24, 2.45) is 5.92 Å². The van der Waals surface area contributed by atoms with Crippen LogP contribution in [0.15, 0.2) is 0 Å². The van der Waals surface area contributed by atoms with Gasteiger partial charge in [0.15, 0.2) is 0 Å². The molecule has 0 aromatic carbocycles. The number of hydrogen-bond acceptors (Lipinski definition) is 5. The van der Waals surface area contributed by atoms with E-state index in [1.807, 2.05) is 11.8 Å². The third kappa shape index (κ3) is 4.15. The van der Waals surface area contributed by atoms with Crippen molar-refractivity contribution in [2.75, 3.05) is 31.1 Å². The minimum Gasteiger partial charge on any atom is -0.370 e. The summed E-state index contributed by atoms with van der Waals surface area (Å²) < 4.78 is 6.04. The Bertz CT molecular complexity index is 787. The fourth-order valence-corrected chi connectivity index (χ4v) is 4.11. The highest BCUT2D eigenvalue weighted by molar-refractivity contribution is 5.76. The number of amides is 1. The van der Waals surface area contributed by atoms with Gasteiger partial charge < -0.3 is 14.5 Å². The van der Waals surface area contributed by atoms with Crippen LogP contribution in [0.5, 0.6) is 0 Å². The second kappa shape index (κ2) is 8.08. The number of nitriles is 1. The number of anilines is 1. The van der Waals surface area contributed by atoms with Gasteiger partial charge in [-0.1, -0.05) is 20.8 Å². The molecule has 1 aromatic heterocycles. The second-order valence-corrected chi connectivity index (χ2v) is 8.87. The van der Waals surface area contributed by atoms with Gasteiger partial charge in [0.05, 0.1) is 17.8 Å². The third-order valence-corrected chi connectivity index (χ3v) is 5.64.